The minimum absolute atomic E-state index is 0. The lowest BCUT2D eigenvalue weighted by Crippen LogP contribution is -2.50. The van der Waals surface area contributed by atoms with Gasteiger partial charge in [-0.3, -0.25) is 9.89 Å². The highest BCUT2D eigenvalue weighted by Crippen LogP contribution is 2.12. The maximum absolute atomic E-state index is 12.1. The van der Waals surface area contributed by atoms with E-state index in [1.54, 1.807) is 11.9 Å². The average molecular weight is 545 g/mol. The first kappa shape index (κ1) is 26.2. The Morgan fingerprint density at radius 3 is 2.38 bits per heavy atom. The zero-order valence-electron chi connectivity index (χ0n) is 17.9. The van der Waals surface area contributed by atoms with Gasteiger partial charge in [-0.05, 0) is 40.2 Å². The van der Waals surface area contributed by atoms with E-state index in [2.05, 4.69) is 20.5 Å². The van der Waals surface area contributed by atoms with Crippen LogP contribution in [0.5, 0.6) is 0 Å². The van der Waals surface area contributed by atoms with Gasteiger partial charge in [0.25, 0.3) is 0 Å². The molecule has 0 spiro atoms. The van der Waals surface area contributed by atoms with Gasteiger partial charge >= 0.3 is 6.09 Å². The number of halogens is 1. The van der Waals surface area contributed by atoms with E-state index in [1.807, 2.05) is 20.8 Å². The molecule has 2 heterocycles. The molecule has 2 aliphatic rings. The first-order chi connectivity index (χ1) is 13.1. The zero-order valence-corrected chi connectivity index (χ0v) is 21.1. The van der Waals surface area contributed by atoms with Gasteiger partial charge in [0.05, 0.1) is 11.5 Å². The van der Waals surface area contributed by atoms with Gasteiger partial charge in [-0.15, -0.1) is 24.0 Å². The van der Waals surface area contributed by atoms with Crippen molar-refractivity contribution in [2.75, 3.05) is 57.8 Å². The Bertz CT molecular complexity index is 658. The number of piperazine rings is 1. The molecule has 0 radical (unpaired) electrons. The smallest absolute Gasteiger partial charge is 0.410 e. The summed E-state index contributed by atoms with van der Waals surface area (Å²) >= 11 is 0. The van der Waals surface area contributed by atoms with Crippen LogP contribution in [-0.4, -0.2) is 99.7 Å². The fourth-order valence-corrected chi connectivity index (χ4v) is 4.96. The van der Waals surface area contributed by atoms with E-state index >= 15 is 0 Å². The Balaban J connectivity index is 0.00000420. The number of carbonyl (C=O) groups excluding carboxylic acids is 1. The summed E-state index contributed by atoms with van der Waals surface area (Å²) in [5, 5.41) is 6.43. The second-order valence-corrected chi connectivity index (χ2v) is 10.6. The normalized spacial score (nSPS) is 22.7. The molecule has 1 unspecified atom stereocenters. The Kier molecular flexibility index (Phi) is 10.4. The molecule has 2 fully saturated rings. The van der Waals surface area contributed by atoms with Crippen LogP contribution in [0.15, 0.2) is 4.99 Å². The Morgan fingerprint density at radius 1 is 1.21 bits per heavy atom. The van der Waals surface area contributed by atoms with Crippen LogP contribution in [0, 0.1) is 0 Å². The molecule has 2 N–H and O–H groups in total. The van der Waals surface area contributed by atoms with Crippen molar-refractivity contribution in [3.8, 4) is 0 Å². The zero-order chi connectivity index (χ0) is 20.8. The van der Waals surface area contributed by atoms with E-state index in [-0.39, 0.29) is 47.6 Å². The lowest BCUT2D eigenvalue weighted by Gasteiger charge is -2.35. The fraction of sp³-hybridized carbons (Fsp3) is 0.889. The summed E-state index contributed by atoms with van der Waals surface area (Å²) in [5.74, 6) is 1.07. The van der Waals surface area contributed by atoms with Crippen LogP contribution in [0.3, 0.4) is 0 Å². The van der Waals surface area contributed by atoms with Gasteiger partial charge in [-0.1, -0.05) is 0 Å². The minimum atomic E-state index is -2.90. The predicted octanol–water partition coefficient (Wildman–Crippen LogP) is 0.899. The summed E-state index contributed by atoms with van der Waals surface area (Å²) in [7, 11) is -1.21. The van der Waals surface area contributed by atoms with Gasteiger partial charge in [0.15, 0.2) is 15.8 Å². The van der Waals surface area contributed by atoms with Crippen molar-refractivity contribution in [2.45, 2.75) is 45.3 Å². The van der Waals surface area contributed by atoms with E-state index in [9.17, 15) is 13.2 Å². The number of nitrogens with one attached hydrogen (secondary N) is 2. The fourth-order valence-electron chi connectivity index (χ4n) is 3.29. The molecule has 0 aromatic heterocycles. The number of hydrogen-bond acceptors (Lipinski definition) is 6. The van der Waals surface area contributed by atoms with Crippen LogP contribution in [0.2, 0.25) is 0 Å². The standard InChI is InChI=1S/C18H35N5O4S.HI/c1-18(2,3)27-17(24)23-11-9-22(10-12-23)8-5-7-20-16(19-4)21-15-6-13-28(25,26)14-15;/h15H,5-14H2,1-4H3,(H2,19,20,21);1H. The number of guanidine groups is 1. The highest BCUT2D eigenvalue weighted by atomic mass is 127. The largest absolute Gasteiger partial charge is 0.444 e. The molecule has 1 atom stereocenters. The molecule has 0 bridgehead atoms. The number of ether oxygens (including phenoxy) is 1. The number of hydrogen-bond donors (Lipinski definition) is 2. The van der Waals surface area contributed by atoms with Gasteiger partial charge in [0.1, 0.15) is 5.60 Å². The quantitative estimate of drug-likeness (QED) is 0.229. The van der Waals surface area contributed by atoms with E-state index < -0.39 is 15.4 Å². The SMILES string of the molecule is CN=C(NCCCN1CCN(C(=O)OC(C)(C)C)CC1)NC1CCS(=O)(=O)C1.I. The highest BCUT2D eigenvalue weighted by Gasteiger charge is 2.28. The van der Waals surface area contributed by atoms with Gasteiger partial charge in [-0.2, -0.15) is 0 Å². The minimum Gasteiger partial charge on any atom is -0.444 e. The molecule has 1 amide bonds. The van der Waals surface area contributed by atoms with Gasteiger partial charge in [-0.25, -0.2) is 13.2 Å². The second-order valence-electron chi connectivity index (χ2n) is 8.41. The van der Waals surface area contributed by atoms with Crippen molar-refractivity contribution in [2.24, 2.45) is 4.99 Å². The van der Waals surface area contributed by atoms with E-state index in [0.717, 1.165) is 32.6 Å². The highest BCUT2D eigenvalue weighted by molar-refractivity contribution is 14.0. The maximum Gasteiger partial charge on any atom is 0.410 e. The van der Waals surface area contributed by atoms with Crippen LogP contribution >= 0.6 is 24.0 Å². The topological polar surface area (TPSA) is 103 Å². The summed E-state index contributed by atoms with van der Waals surface area (Å²) in [6.07, 6.45) is 1.33. The summed E-state index contributed by atoms with van der Waals surface area (Å²) in [5.41, 5.74) is -0.463. The molecule has 0 saturated carbocycles. The van der Waals surface area contributed by atoms with Crippen molar-refractivity contribution in [3.05, 3.63) is 0 Å². The van der Waals surface area contributed by atoms with E-state index in [1.165, 1.54) is 0 Å². The number of carbonyl (C=O) groups is 1. The third-order valence-corrected chi connectivity index (χ3v) is 6.53. The summed E-state index contributed by atoms with van der Waals surface area (Å²) < 4.78 is 28.5. The molecule has 11 heteroatoms. The van der Waals surface area contributed by atoms with Crippen LogP contribution in [0.4, 0.5) is 4.79 Å². The molecule has 0 aromatic carbocycles. The monoisotopic (exact) mass is 545 g/mol. The predicted molar refractivity (Wildman–Crippen MR) is 126 cm³/mol. The number of sulfone groups is 1. The first-order valence-electron chi connectivity index (χ1n) is 9.96. The molecule has 9 nitrogen and oxygen atoms in total. The first-order valence-corrected chi connectivity index (χ1v) is 11.8. The molecule has 0 aromatic rings. The van der Waals surface area contributed by atoms with Crippen molar-refractivity contribution in [1.82, 2.24) is 20.4 Å². The van der Waals surface area contributed by atoms with Crippen molar-refractivity contribution >= 4 is 45.9 Å². The molecular weight excluding hydrogens is 509 g/mol. The van der Waals surface area contributed by atoms with Crippen LogP contribution in [0.25, 0.3) is 0 Å². The van der Waals surface area contributed by atoms with Crippen molar-refractivity contribution in [3.63, 3.8) is 0 Å². The number of nitrogens with zero attached hydrogens (tertiary/aromatic N) is 3. The lowest BCUT2D eigenvalue weighted by atomic mass is 10.2. The lowest BCUT2D eigenvalue weighted by molar-refractivity contribution is 0.0145. The number of rotatable bonds is 5. The molecule has 29 heavy (non-hydrogen) atoms. The third-order valence-electron chi connectivity index (χ3n) is 4.76. The van der Waals surface area contributed by atoms with Gasteiger partial charge < -0.3 is 20.3 Å². The molecule has 0 aliphatic carbocycles. The van der Waals surface area contributed by atoms with Gasteiger partial charge in [0, 0.05) is 45.8 Å². The molecular formula is C18H36IN5O4S. The Labute approximate surface area is 191 Å². The molecule has 2 rings (SSSR count). The number of amides is 1. The second kappa shape index (κ2) is 11.5. The Hall–Kier alpha value is -0.820. The van der Waals surface area contributed by atoms with Crippen LogP contribution in [0.1, 0.15) is 33.6 Å². The van der Waals surface area contributed by atoms with Crippen LogP contribution in [-0.2, 0) is 14.6 Å². The van der Waals surface area contributed by atoms with Crippen LogP contribution < -0.4 is 10.6 Å². The molecule has 2 saturated heterocycles. The average Bonchev–Trinajstić information content (AvgIpc) is 2.95. The van der Waals surface area contributed by atoms with Gasteiger partial charge in [0.2, 0.25) is 0 Å². The molecule has 170 valence electrons. The Morgan fingerprint density at radius 2 is 1.86 bits per heavy atom. The third kappa shape index (κ3) is 9.69. The summed E-state index contributed by atoms with van der Waals surface area (Å²) in [4.78, 5) is 20.4. The van der Waals surface area contributed by atoms with Crippen molar-refractivity contribution < 1.29 is 17.9 Å². The van der Waals surface area contributed by atoms with Crippen molar-refractivity contribution in [1.29, 1.82) is 0 Å². The van der Waals surface area contributed by atoms with E-state index in [0.29, 0.717) is 25.5 Å². The van der Waals surface area contributed by atoms with E-state index in [4.69, 9.17) is 4.74 Å². The summed E-state index contributed by atoms with van der Waals surface area (Å²) in [6, 6.07) is -0.0582. The maximum atomic E-state index is 12.1. The molecule has 2 aliphatic heterocycles. The summed E-state index contributed by atoms with van der Waals surface area (Å²) in [6.45, 7) is 10.4. The number of aliphatic imine (C=N–C) groups is 1.